The van der Waals surface area contributed by atoms with Crippen molar-refractivity contribution in [3.05, 3.63) is 65.9 Å². The highest BCUT2D eigenvalue weighted by atomic mass is 31.2. The van der Waals surface area contributed by atoms with E-state index in [9.17, 15) is 23.7 Å². The first-order valence-electron chi connectivity index (χ1n) is 16.7. The fourth-order valence-corrected chi connectivity index (χ4v) is 5.54. The van der Waals surface area contributed by atoms with E-state index in [0.29, 0.717) is 18.7 Å². The van der Waals surface area contributed by atoms with Crippen LogP contribution in [0.1, 0.15) is 31.0 Å². The molecule has 1 heterocycles. The van der Waals surface area contributed by atoms with Crippen LogP contribution in [0.3, 0.4) is 0 Å². The molecule has 0 saturated heterocycles. The molecule has 286 valence electrons. The van der Waals surface area contributed by atoms with Gasteiger partial charge in [-0.05, 0) is 49.2 Å². The Hall–Kier alpha value is -4.35. The smallest absolute Gasteiger partial charge is 0.480 e. The summed E-state index contributed by atoms with van der Waals surface area (Å²) in [4.78, 5) is 69.0. The maximum atomic E-state index is 13.3. The van der Waals surface area contributed by atoms with Crippen LogP contribution in [0.2, 0.25) is 0 Å². The zero-order chi connectivity index (χ0) is 38.3. The van der Waals surface area contributed by atoms with Gasteiger partial charge in [0.2, 0.25) is 17.7 Å². The monoisotopic (exact) mass is 748 g/mol. The third kappa shape index (κ3) is 14.0. The van der Waals surface area contributed by atoms with Gasteiger partial charge >= 0.3 is 13.8 Å². The highest BCUT2D eigenvalue weighted by Crippen LogP contribution is 2.37. The van der Waals surface area contributed by atoms with E-state index in [1.807, 2.05) is 43.4 Å². The van der Waals surface area contributed by atoms with Crippen molar-refractivity contribution >= 4 is 42.4 Å². The fourth-order valence-electron chi connectivity index (χ4n) is 5.14. The van der Waals surface area contributed by atoms with Crippen LogP contribution in [0, 0.1) is 0 Å². The van der Waals surface area contributed by atoms with E-state index in [0.717, 1.165) is 21.5 Å². The van der Waals surface area contributed by atoms with Gasteiger partial charge in [0, 0.05) is 51.2 Å². The van der Waals surface area contributed by atoms with Gasteiger partial charge in [0.15, 0.2) is 0 Å². The number of phosphoric ester groups is 1. The topological polar surface area (TPSA) is 221 Å². The molecule has 0 radical (unpaired) electrons. The highest BCUT2D eigenvalue weighted by Gasteiger charge is 2.23. The van der Waals surface area contributed by atoms with Crippen molar-refractivity contribution in [3.63, 3.8) is 0 Å². The number of ether oxygens (including phenoxy) is 2. The largest absolute Gasteiger partial charge is 0.524 e. The summed E-state index contributed by atoms with van der Waals surface area (Å²) < 4.78 is 28.8. The number of para-hydroxylation sites is 1. The molecule has 3 amide bonds. The number of phosphoric acid groups is 1. The second kappa shape index (κ2) is 20.6. The molecule has 0 spiro atoms. The Morgan fingerprint density at radius 3 is 2.27 bits per heavy atom. The Kier molecular flexibility index (Phi) is 16.7. The van der Waals surface area contributed by atoms with Gasteiger partial charge in [-0.1, -0.05) is 30.3 Å². The molecule has 0 aliphatic carbocycles. The molecule has 3 rings (SSSR count). The Morgan fingerprint density at radius 1 is 0.942 bits per heavy atom. The van der Waals surface area contributed by atoms with Gasteiger partial charge in [0.1, 0.15) is 17.8 Å². The standard InChI is InChI=1S/C34H49N6O11P/c1-24(34(44)45)39(4)32(42)14-17-49-19-20-50-18-15-36-33(43)29(21-25-9-11-28(12-10-25)51-52(46,47)48)37-31(41)13-16-40-27(23-38(3)35-2)22-26-7-5-6-8-30(26)40/h5-12,22,24,29,35H,13-21,23H2,1-4H3,(H,36,43)(H,37,41)(H,44,45)(H2,46,47,48). The number of carboxylic acids is 1. The minimum Gasteiger partial charge on any atom is -0.480 e. The van der Waals surface area contributed by atoms with E-state index >= 15 is 0 Å². The van der Waals surface area contributed by atoms with Crippen molar-refractivity contribution in [2.24, 2.45) is 0 Å². The number of nitrogens with one attached hydrogen (secondary N) is 3. The van der Waals surface area contributed by atoms with Gasteiger partial charge in [-0.15, -0.1) is 0 Å². The third-order valence-corrected chi connectivity index (χ3v) is 8.64. The second-order valence-corrected chi connectivity index (χ2v) is 13.2. The van der Waals surface area contributed by atoms with Gasteiger partial charge in [-0.25, -0.2) is 14.4 Å². The molecule has 52 heavy (non-hydrogen) atoms. The second-order valence-electron chi connectivity index (χ2n) is 12.0. The molecule has 3 aromatic rings. The van der Waals surface area contributed by atoms with Gasteiger partial charge in [0.25, 0.3) is 0 Å². The zero-order valence-corrected chi connectivity index (χ0v) is 30.7. The molecule has 0 saturated carbocycles. The SMILES string of the molecule is CNN(C)Cc1cc2ccccc2n1CCC(=O)NC(Cc1ccc(OP(=O)(O)O)cc1)C(=O)NCCOCCOCCC(=O)N(C)C(C)C(=O)O. The number of benzene rings is 2. The average molecular weight is 749 g/mol. The summed E-state index contributed by atoms with van der Waals surface area (Å²) in [5.74, 6) is -2.30. The molecule has 18 heteroatoms. The molecule has 0 aliphatic rings. The van der Waals surface area contributed by atoms with Gasteiger partial charge in [0.05, 0.1) is 39.4 Å². The summed E-state index contributed by atoms with van der Waals surface area (Å²) in [5.41, 5.74) is 5.69. The van der Waals surface area contributed by atoms with Gasteiger partial charge in [-0.2, -0.15) is 0 Å². The number of hydrogen-bond donors (Lipinski definition) is 6. The predicted octanol–water partition coefficient (Wildman–Crippen LogP) is 1.27. The maximum absolute atomic E-state index is 13.3. The number of aliphatic carboxylic acids is 1. The number of fused-ring (bicyclic) bond motifs is 1. The molecule has 0 aliphatic heterocycles. The minimum atomic E-state index is -4.75. The summed E-state index contributed by atoms with van der Waals surface area (Å²) >= 11 is 0. The Balaban J connectivity index is 1.55. The number of nitrogens with zero attached hydrogens (tertiary/aromatic N) is 3. The van der Waals surface area contributed by atoms with Crippen molar-refractivity contribution in [1.82, 2.24) is 30.5 Å². The highest BCUT2D eigenvalue weighted by molar-refractivity contribution is 7.46. The van der Waals surface area contributed by atoms with E-state index in [1.54, 1.807) is 12.1 Å². The van der Waals surface area contributed by atoms with Crippen LogP contribution >= 0.6 is 7.82 Å². The number of amides is 3. The molecular formula is C34H49N6O11P. The van der Waals surface area contributed by atoms with Crippen LogP contribution in [0.25, 0.3) is 10.9 Å². The number of hydrogen-bond acceptors (Lipinski definition) is 10. The number of aromatic nitrogens is 1. The Morgan fingerprint density at radius 2 is 1.62 bits per heavy atom. The fraction of sp³-hybridized carbons (Fsp3) is 0.471. The van der Waals surface area contributed by atoms with Crippen molar-refractivity contribution < 1.29 is 52.6 Å². The molecule has 2 aromatic carbocycles. The molecule has 6 N–H and O–H groups in total. The molecule has 1 aromatic heterocycles. The normalized spacial score (nSPS) is 12.8. The quantitative estimate of drug-likeness (QED) is 0.0458. The number of aryl methyl sites for hydroxylation is 1. The van der Waals surface area contributed by atoms with Crippen LogP contribution in [-0.4, -0.2) is 119 Å². The van der Waals surface area contributed by atoms with Gasteiger partial charge in [-0.3, -0.25) is 29.6 Å². The summed E-state index contributed by atoms with van der Waals surface area (Å²) in [6.45, 7) is 3.13. The van der Waals surface area contributed by atoms with E-state index in [1.165, 1.54) is 26.1 Å². The van der Waals surface area contributed by atoms with Crippen molar-refractivity contribution in [2.45, 2.75) is 51.4 Å². The summed E-state index contributed by atoms with van der Waals surface area (Å²) in [7, 11) is 0.414. The van der Waals surface area contributed by atoms with E-state index in [4.69, 9.17) is 24.4 Å². The zero-order valence-electron chi connectivity index (χ0n) is 29.8. The first-order valence-corrected chi connectivity index (χ1v) is 18.2. The molecule has 17 nitrogen and oxygen atoms in total. The molecule has 0 fully saturated rings. The molecule has 2 atom stereocenters. The lowest BCUT2D eigenvalue weighted by molar-refractivity contribution is -0.148. The Labute approximate surface area is 302 Å². The molecule has 0 bridgehead atoms. The summed E-state index contributed by atoms with van der Waals surface area (Å²) in [5, 5.41) is 17.6. The lowest BCUT2D eigenvalue weighted by Gasteiger charge is -2.21. The van der Waals surface area contributed by atoms with Gasteiger partial charge < -0.3 is 39.2 Å². The first-order chi connectivity index (χ1) is 24.7. The van der Waals surface area contributed by atoms with E-state index < -0.39 is 31.8 Å². The summed E-state index contributed by atoms with van der Waals surface area (Å²) in [6.07, 6.45) is 0.206. The average Bonchev–Trinajstić information content (AvgIpc) is 3.45. The number of carboxylic acid groups (broad SMARTS) is 1. The Bertz CT molecular complexity index is 1680. The minimum absolute atomic E-state index is 0.0214. The van der Waals surface area contributed by atoms with E-state index in [-0.39, 0.29) is 69.8 Å². The number of rotatable bonds is 23. The molecule has 2 unspecified atom stereocenters. The maximum Gasteiger partial charge on any atom is 0.524 e. The number of hydrazine groups is 1. The molecular weight excluding hydrogens is 699 g/mol. The van der Waals surface area contributed by atoms with Crippen LogP contribution in [0.4, 0.5) is 0 Å². The van der Waals surface area contributed by atoms with Crippen molar-refractivity contribution in [2.75, 3.05) is 54.1 Å². The summed E-state index contributed by atoms with van der Waals surface area (Å²) in [6, 6.07) is 13.9. The number of carbonyl (C=O) groups excluding carboxylic acids is 3. The van der Waals surface area contributed by atoms with Crippen molar-refractivity contribution in [3.8, 4) is 5.75 Å². The number of carbonyl (C=O) groups is 4. The van der Waals surface area contributed by atoms with Crippen LogP contribution in [0.5, 0.6) is 5.75 Å². The van der Waals surface area contributed by atoms with Crippen LogP contribution < -0.4 is 20.6 Å². The van der Waals surface area contributed by atoms with Crippen molar-refractivity contribution in [1.29, 1.82) is 0 Å². The third-order valence-electron chi connectivity index (χ3n) is 8.19. The van der Waals surface area contributed by atoms with Crippen LogP contribution in [0.15, 0.2) is 54.6 Å². The van der Waals surface area contributed by atoms with E-state index in [2.05, 4.69) is 31.2 Å². The lowest BCUT2D eigenvalue weighted by Crippen LogP contribution is -2.48. The predicted molar refractivity (Wildman–Crippen MR) is 191 cm³/mol. The number of likely N-dealkylation sites (N-methyl/N-ethyl adjacent to an activating group) is 1. The first kappa shape index (κ1) is 42.1. The van der Waals surface area contributed by atoms with Crippen LogP contribution in [-0.2, 0) is 52.7 Å². The lowest BCUT2D eigenvalue weighted by atomic mass is 10.0.